The highest BCUT2D eigenvalue weighted by atomic mass is 32.2. The standard InChI is InChI=1S/C18H22N4O2S/c1-13-19-9-11-21(13)15-7-5-14(6-8-15)20-18(24)16-4-3-10-22(16)17(23)12-25-2/h5-9,11,16H,3-4,10,12H2,1-2H3,(H,20,24)/t16-/m1/s1. The number of carbonyl (C=O) groups excluding carboxylic acids is 2. The number of imidazole rings is 1. The van der Waals surface area contributed by atoms with Gasteiger partial charge < -0.3 is 14.8 Å². The maximum atomic E-state index is 12.6. The minimum absolute atomic E-state index is 0.0380. The molecule has 1 N–H and O–H groups in total. The van der Waals surface area contributed by atoms with Crippen molar-refractivity contribution < 1.29 is 9.59 Å². The number of aryl methyl sites for hydroxylation is 1. The van der Waals surface area contributed by atoms with Gasteiger partial charge in [-0.25, -0.2) is 4.98 Å². The predicted molar refractivity (Wildman–Crippen MR) is 100 cm³/mol. The van der Waals surface area contributed by atoms with Gasteiger partial charge in [-0.2, -0.15) is 11.8 Å². The number of likely N-dealkylation sites (tertiary alicyclic amines) is 1. The first kappa shape index (κ1) is 17.5. The van der Waals surface area contributed by atoms with Gasteiger partial charge in [0.15, 0.2) is 0 Å². The van der Waals surface area contributed by atoms with Crippen LogP contribution >= 0.6 is 11.8 Å². The van der Waals surface area contributed by atoms with Crippen molar-refractivity contribution >= 4 is 29.3 Å². The molecule has 0 spiro atoms. The molecule has 1 saturated heterocycles. The van der Waals surface area contributed by atoms with Crippen LogP contribution < -0.4 is 5.32 Å². The number of carbonyl (C=O) groups is 2. The average Bonchev–Trinajstić information content (AvgIpc) is 3.25. The van der Waals surface area contributed by atoms with E-state index in [0.717, 1.165) is 30.0 Å². The maximum Gasteiger partial charge on any atom is 0.247 e. The molecule has 25 heavy (non-hydrogen) atoms. The van der Waals surface area contributed by atoms with Crippen LogP contribution in [0.4, 0.5) is 5.69 Å². The van der Waals surface area contributed by atoms with Crippen LogP contribution in [0.5, 0.6) is 0 Å². The Morgan fingerprint density at radius 1 is 1.32 bits per heavy atom. The number of amides is 2. The SMILES string of the molecule is CSCC(=O)N1CCC[C@@H]1C(=O)Nc1ccc(-n2ccnc2C)cc1. The van der Waals surface area contributed by atoms with Crippen molar-refractivity contribution in [1.82, 2.24) is 14.5 Å². The lowest BCUT2D eigenvalue weighted by atomic mass is 10.2. The average molecular weight is 358 g/mol. The molecule has 6 nitrogen and oxygen atoms in total. The van der Waals surface area contributed by atoms with Crippen LogP contribution in [0.1, 0.15) is 18.7 Å². The molecular weight excluding hydrogens is 336 g/mol. The van der Waals surface area contributed by atoms with E-state index in [-0.39, 0.29) is 17.9 Å². The van der Waals surface area contributed by atoms with Crippen LogP contribution in [0.3, 0.4) is 0 Å². The lowest BCUT2D eigenvalue weighted by Crippen LogP contribution is -2.43. The summed E-state index contributed by atoms with van der Waals surface area (Å²) < 4.78 is 1.98. The number of thioether (sulfide) groups is 1. The van der Waals surface area contributed by atoms with Crippen molar-refractivity contribution in [3.8, 4) is 5.69 Å². The Morgan fingerprint density at radius 3 is 2.72 bits per heavy atom. The second kappa shape index (κ2) is 7.74. The van der Waals surface area contributed by atoms with Gasteiger partial charge >= 0.3 is 0 Å². The summed E-state index contributed by atoms with van der Waals surface area (Å²) >= 11 is 1.49. The molecule has 1 aromatic carbocycles. The number of rotatable bonds is 5. The van der Waals surface area contributed by atoms with Gasteiger partial charge in [-0.1, -0.05) is 0 Å². The van der Waals surface area contributed by atoms with Gasteiger partial charge in [0.2, 0.25) is 11.8 Å². The van der Waals surface area contributed by atoms with Crippen molar-refractivity contribution in [3.63, 3.8) is 0 Å². The zero-order valence-electron chi connectivity index (χ0n) is 14.4. The van der Waals surface area contributed by atoms with Crippen LogP contribution in [0, 0.1) is 6.92 Å². The predicted octanol–water partition coefficient (Wildman–Crippen LogP) is 2.47. The second-order valence-corrected chi connectivity index (χ2v) is 6.92. The van der Waals surface area contributed by atoms with Crippen molar-refractivity contribution in [2.45, 2.75) is 25.8 Å². The molecule has 0 saturated carbocycles. The van der Waals surface area contributed by atoms with Crippen LogP contribution in [0.2, 0.25) is 0 Å². The first-order chi connectivity index (χ1) is 12.1. The van der Waals surface area contributed by atoms with Crippen LogP contribution in [-0.2, 0) is 9.59 Å². The molecule has 0 bridgehead atoms. The zero-order chi connectivity index (χ0) is 17.8. The fourth-order valence-corrected chi connectivity index (χ4v) is 3.54. The third-order valence-electron chi connectivity index (χ3n) is 4.38. The summed E-state index contributed by atoms with van der Waals surface area (Å²) in [4.78, 5) is 30.6. The third-order valence-corrected chi connectivity index (χ3v) is 4.92. The summed E-state index contributed by atoms with van der Waals surface area (Å²) in [7, 11) is 0. The van der Waals surface area contributed by atoms with E-state index >= 15 is 0 Å². The fraction of sp³-hybridized carbons (Fsp3) is 0.389. The number of nitrogens with zero attached hydrogens (tertiary/aromatic N) is 3. The molecule has 3 rings (SSSR count). The molecule has 0 radical (unpaired) electrons. The molecule has 2 amide bonds. The van der Waals surface area contributed by atoms with Gasteiger partial charge in [-0.3, -0.25) is 9.59 Å². The Hall–Kier alpha value is -2.28. The zero-order valence-corrected chi connectivity index (χ0v) is 15.3. The van der Waals surface area contributed by atoms with Gasteiger partial charge in [0, 0.05) is 30.3 Å². The number of hydrogen-bond donors (Lipinski definition) is 1. The van der Waals surface area contributed by atoms with Gasteiger partial charge in [-0.15, -0.1) is 0 Å². The van der Waals surface area contributed by atoms with E-state index < -0.39 is 0 Å². The third kappa shape index (κ3) is 3.87. The highest BCUT2D eigenvalue weighted by molar-refractivity contribution is 7.99. The normalized spacial score (nSPS) is 16.9. The summed E-state index contributed by atoms with van der Waals surface area (Å²) in [6.45, 7) is 2.60. The summed E-state index contributed by atoms with van der Waals surface area (Å²) in [5, 5.41) is 2.93. The number of nitrogens with one attached hydrogen (secondary N) is 1. The lowest BCUT2D eigenvalue weighted by molar-refractivity contribution is -0.134. The monoisotopic (exact) mass is 358 g/mol. The van der Waals surface area contributed by atoms with E-state index in [0.29, 0.717) is 12.3 Å². The van der Waals surface area contributed by atoms with Crippen LogP contribution in [0.15, 0.2) is 36.7 Å². The van der Waals surface area contributed by atoms with Gasteiger partial charge in [0.1, 0.15) is 11.9 Å². The largest absolute Gasteiger partial charge is 0.330 e. The Balaban J connectivity index is 1.66. The van der Waals surface area contributed by atoms with Crippen molar-refractivity contribution in [1.29, 1.82) is 0 Å². The van der Waals surface area contributed by atoms with Crippen LogP contribution in [-0.4, -0.2) is 50.9 Å². The van der Waals surface area contributed by atoms with Crippen LogP contribution in [0.25, 0.3) is 5.69 Å². The summed E-state index contributed by atoms with van der Waals surface area (Å²) in [6, 6.07) is 7.26. The second-order valence-electron chi connectivity index (χ2n) is 6.06. The van der Waals surface area contributed by atoms with Crippen molar-refractivity contribution in [2.24, 2.45) is 0 Å². The van der Waals surface area contributed by atoms with E-state index in [9.17, 15) is 9.59 Å². The maximum absolute atomic E-state index is 12.6. The molecule has 1 aliphatic heterocycles. The molecule has 1 aromatic heterocycles. The van der Waals surface area contributed by atoms with E-state index in [1.165, 1.54) is 11.8 Å². The summed E-state index contributed by atoms with van der Waals surface area (Å²) in [5.74, 6) is 1.25. The van der Waals surface area contributed by atoms with E-state index in [4.69, 9.17) is 0 Å². The Bertz CT molecular complexity index is 757. The Morgan fingerprint density at radius 2 is 2.08 bits per heavy atom. The van der Waals surface area contributed by atoms with Gasteiger partial charge in [-0.05, 0) is 50.3 Å². The number of hydrogen-bond acceptors (Lipinski definition) is 4. The minimum Gasteiger partial charge on any atom is -0.330 e. The topological polar surface area (TPSA) is 67.2 Å². The van der Waals surface area contributed by atoms with E-state index in [1.807, 2.05) is 48.2 Å². The quantitative estimate of drug-likeness (QED) is 0.892. The number of anilines is 1. The summed E-state index contributed by atoms with van der Waals surface area (Å²) in [5.41, 5.74) is 1.72. The van der Waals surface area contributed by atoms with Gasteiger partial charge in [0.05, 0.1) is 5.75 Å². The fourth-order valence-electron chi connectivity index (χ4n) is 3.13. The number of aromatic nitrogens is 2. The molecule has 1 aliphatic rings. The molecule has 2 aromatic rings. The smallest absolute Gasteiger partial charge is 0.247 e. The highest BCUT2D eigenvalue weighted by Gasteiger charge is 2.33. The number of benzene rings is 1. The molecule has 2 heterocycles. The molecule has 7 heteroatoms. The Labute approximate surface area is 151 Å². The van der Waals surface area contributed by atoms with E-state index in [2.05, 4.69) is 10.3 Å². The van der Waals surface area contributed by atoms with Gasteiger partial charge in [0.25, 0.3) is 0 Å². The van der Waals surface area contributed by atoms with Crippen molar-refractivity contribution in [3.05, 3.63) is 42.5 Å². The minimum atomic E-state index is -0.366. The molecule has 132 valence electrons. The highest BCUT2D eigenvalue weighted by Crippen LogP contribution is 2.21. The molecule has 0 aliphatic carbocycles. The summed E-state index contributed by atoms with van der Waals surface area (Å²) in [6.07, 6.45) is 7.14. The molecule has 1 atom stereocenters. The van der Waals surface area contributed by atoms with E-state index in [1.54, 1.807) is 11.1 Å². The molecule has 0 unspecified atom stereocenters. The van der Waals surface area contributed by atoms with Crippen molar-refractivity contribution in [2.75, 3.05) is 23.9 Å². The lowest BCUT2D eigenvalue weighted by Gasteiger charge is -2.23. The molecule has 1 fully saturated rings. The molecular formula is C18H22N4O2S. The first-order valence-corrected chi connectivity index (χ1v) is 9.69. The Kier molecular flexibility index (Phi) is 5.43. The first-order valence-electron chi connectivity index (χ1n) is 8.30.